The number of rotatable bonds is 12. The van der Waals surface area contributed by atoms with Gasteiger partial charge in [-0.15, -0.1) is 0 Å². The van der Waals surface area contributed by atoms with Crippen molar-refractivity contribution in [2.24, 2.45) is 5.92 Å². The van der Waals surface area contributed by atoms with Crippen molar-refractivity contribution < 1.29 is 24.2 Å². The average Bonchev–Trinajstić information content (AvgIpc) is 2.73. The first-order chi connectivity index (χ1) is 15.5. The molecule has 0 aliphatic heterocycles. The molecule has 8 nitrogen and oxygen atoms in total. The zero-order valence-corrected chi connectivity index (χ0v) is 20.5. The maximum absolute atomic E-state index is 13.2. The van der Waals surface area contributed by atoms with Crippen LogP contribution >= 0.6 is 0 Å². The number of alkyl carbamates (subject to hydrolysis) is 1. The second-order valence-electron chi connectivity index (χ2n) is 9.14. The van der Waals surface area contributed by atoms with Gasteiger partial charge in [-0.1, -0.05) is 56.3 Å². The summed E-state index contributed by atoms with van der Waals surface area (Å²) in [5.74, 6) is -0.754. The third-order valence-corrected chi connectivity index (χ3v) is 4.65. The molecular formula is C25H39N3O5. The Labute approximate surface area is 197 Å². The van der Waals surface area contributed by atoms with E-state index < -0.39 is 17.7 Å². The number of ether oxygens (including phenoxy) is 1. The Bertz CT molecular complexity index is 772. The molecule has 1 aromatic carbocycles. The fraction of sp³-hybridized carbons (Fsp3) is 0.560. The lowest BCUT2D eigenvalue weighted by atomic mass is 10.00. The molecule has 1 aromatic rings. The number of hydrogen-bond donors (Lipinski definition) is 3. The van der Waals surface area contributed by atoms with Crippen LogP contribution in [0, 0.1) is 5.92 Å². The van der Waals surface area contributed by atoms with E-state index >= 15 is 0 Å². The van der Waals surface area contributed by atoms with Crippen LogP contribution in [0.1, 0.15) is 53.0 Å². The van der Waals surface area contributed by atoms with Crippen LogP contribution in [0.15, 0.2) is 42.5 Å². The van der Waals surface area contributed by atoms with Crippen molar-refractivity contribution in [2.45, 2.75) is 65.6 Å². The van der Waals surface area contributed by atoms with Crippen LogP contribution in [0.3, 0.4) is 0 Å². The van der Waals surface area contributed by atoms with Crippen molar-refractivity contribution in [3.63, 3.8) is 0 Å². The molecule has 1 atom stereocenters. The highest BCUT2D eigenvalue weighted by atomic mass is 16.6. The van der Waals surface area contributed by atoms with Gasteiger partial charge in [0.1, 0.15) is 18.2 Å². The van der Waals surface area contributed by atoms with Gasteiger partial charge in [0, 0.05) is 13.1 Å². The van der Waals surface area contributed by atoms with Crippen LogP contribution in [0.25, 0.3) is 0 Å². The molecule has 0 saturated carbocycles. The maximum atomic E-state index is 13.2. The predicted octanol–water partition coefficient (Wildman–Crippen LogP) is 3.01. The fourth-order valence-corrected chi connectivity index (χ4v) is 3.22. The van der Waals surface area contributed by atoms with Gasteiger partial charge in [0.2, 0.25) is 11.8 Å². The summed E-state index contributed by atoms with van der Waals surface area (Å²) in [5, 5.41) is 14.2. The molecule has 33 heavy (non-hydrogen) atoms. The van der Waals surface area contributed by atoms with Crippen molar-refractivity contribution in [2.75, 3.05) is 19.7 Å². The van der Waals surface area contributed by atoms with Crippen LogP contribution in [0.2, 0.25) is 0 Å². The monoisotopic (exact) mass is 461 g/mol. The Kier molecular flexibility index (Phi) is 12.2. The van der Waals surface area contributed by atoms with E-state index in [9.17, 15) is 14.4 Å². The average molecular weight is 462 g/mol. The Balaban J connectivity index is 2.93. The SMILES string of the molecule is CC(C)C(C(=O)NCCC/C=C/CO)N(Cc1ccccc1)C(=O)CNC(=O)OC(C)(C)C. The minimum atomic E-state index is -0.703. The van der Waals surface area contributed by atoms with Gasteiger partial charge in [-0.25, -0.2) is 4.79 Å². The first-order valence-electron chi connectivity index (χ1n) is 11.4. The Morgan fingerprint density at radius 2 is 1.76 bits per heavy atom. The predicted molar refractivity (Wildman–Crippen MR) is 128 cm³/mol. The molecule has 1 unspecified atom stereocenters. The number of amides is 3. The van der Waals surface area contributed by atoms with E-state index in [2.05, 4.69) is 10.6 Å². The van der Waals surface area contributed by atoms with E-state index in [-0.39, 0.29) is 37.4 Å². The molecule has 0 fully saturated rings. The van der Waals surface area contributed by atoms with Gasteiger partial charge < -0.3 is 25.4 Å². The number of carbonyl (C=O) groups is 3. The van der Waals surface area contributed by atoms with Gasteiger partial charge in [0.15, 0.2) is 0 Å². The molecule has 3 amide bonds. The van der Waals surface area contributed by atoms with Crippen LogP contribution in [-0.4, -0.2) is 59.3 Å². The third-order valence-electron chi connectivity index (χ3n) is 4.65. The quantitative estimate of drug-likeness (QED) is 0.328. The number of carbonyl (C=O) groups excluding carboxylic acids is 3. The lowest BCUT2D eigenvalue weighted by molar-refractivity contribution is -0.142. The third kappa shape index (κ3) is 11.5. The summed E-state index contributed by atoms with van der Waals surface area (Å²) in [6.07, 6.45) is 4.30. The molecule has 1 rings (SSSR count). The smallest absolute Gasteiger partial charge is 0.408 e. The van der Waals surface area contributed by atoms with E-state index in [0.717, 1.165) is 18.4 Å². The number of unbranched alkanes of at least 4 members (excludes halogenated alkanes) is 1. The van der Waals surface area contributed by atoms with Gasteiger partial charge in [0.05, 0.1) is 6.61 Å². The van der Waals surface area contributed by atoms with Crippen LogP contribution in [-0.2, 0) is 20.9 Å². The van der Waals surface area contributed by atoms with Gasteiger partial charge in [-0.2, -0.15) is 0 Å². The Morgan fingerprint density at radius 3 is 2.33 bits per heavy atom. The summed E-state index contributed by atoms with van der Waals surface area (Å²) in [7, 11) is 0. The topological polar surface area (TPSA) is 108 Å². The summed E-state index contributed by atoms with van der Waals surface area (Å²) in [6, 6.07) is 8.72. The lowest BCUT2D eigenvalue weighted by Gasteiger charge is -2.34. The summed E-state index contributed by atoms with van der Waals surface area (Å²) in [6.45, 7) is 9.44. The first kappa shape index (κ1) is 28.2. The highest BCUT2D eigenvalue weighted by Gasteiger charge is 2.32. The highest BCUT2D eigenvalue weighted by Crippen LogP contribution is 2.16. The Hall–Kier alpha value is -2.87. The molecule has 0 radical (unpaired) electrons. The highest BCUT2D eigenvalue weighted by molar-refractivity contribution is 5.89. The zero-order valence-electron chi connectivity index (χ0n) is 20.5. The van der Waals surface area contributed by atoms with Gasteiger partial charge in [0.25, 0.3) is 0 Å². The van der Waals surface area contributed by atoms with Crippen molar-refractivity contribution in [3.05, 3.63) is 48.0 Å². The summed E-state index contributed by atoms with van der Waals surface area (Å²) < 4.78 is 5.21. The minimum absolute atomic E-state index is 0.00429. The van der Waals surface area contributed by atoms with E-state index in [4.69, 9.17) is 9.84 Å². The number of aliphatic hydroxyl groups excluding tert-OH is 1. The lowest BCUT2D eigenvalue weighted by Crippen LogP contribution is -2.54. The molecule has 0 spiro atoms. The number of nitrogens with zero attached hydrogens (tertiary/aromatic N) is 1. The summed E-state index contributed by atoms with van der Waals surface area (Å²) in [4.78, 5) is 39.8. The second kappa shape index (κ2) is 14.3. The number of hydrogen-bond acceptors (Lipinski definition) is 5. The van der Waals surface area contributed by atoms with Crippen molar-refractivity contribution >= 4 is 17.9 Å². The molecule has 0 bridgehead atoms. The molecule has 0 aliphatic rings. The van der Waals surface area contributed by atoms with E-state index in [0.29, 0.717) is 6.54 Å². The molecule has 184 valence electrons. The van der Waals surface area contributed by atoms with Gasteiger partial charge in [-0.05, 0) is 45.1 Å². The normalized spacial score (nSPS) is 12.5. The second-order valence-corrected chi connectivity index (χ2v) is 9.14. The molecule has 0 aliphatic carbocycles. The zero-order chi connectivity index (χ0) is 24.9. The summed E-state index contributed by atoms with van der Waals surface area (Å²) >= 11 is 0. The molecule has 0 saturated heterocycles. The van der Waals surface area contributed by atoms with Crippen molar-refractivity contribution in [1.29, 1.82) is 0 Å². The molecular weight excluding hydrogens is 422 g/mol. The first-order valence-corrected chi connectivity index (χ1v) is 11.4. The number of allylic oxidation sites excluding steroid dienone is 1. The summed E-state index contributed by atoms with van der Waals surface area (Å²) in [5.41, 5.74) is 0.208. The fourth-order valence-electron chi connectivity index (χ4n) is 3.22. The van der Waals surface area contributed by atoms with Gasteiger partial charge in [-0.3, -0.25) is 9.59 Å². The Morgan fingerprint density at radius 1 is 1.09 bits per heavy atom. The standard InChI is InChI=1S/C25H39N3O5/c1-19(2)22(23(31)26-15-11-6-7-12-16-29)28(18-20-13-9-8-10-14-20)21(30)17-27-24(32)33-25(3,4)5/h7-10,12-14,19,22,29H,6,11,15-18H2,1-5H3,(H,26,31)(H,27,32)/b12-7+. The molecule has 8 heteroatoms. The molecule has 0 aromatic heterocycles. The van der Waals surface area contributed by atoms with Crippen LogP contribution < -0.4 is 10.6 Å². The maximum Gasteiger partial charge on any atom is 0.408 e. The van der Waals surface area contributed by atoms with E-state index in [1.807, 2.05) is 50.3 Å². The minimum Gasteiger partial charge on any atom is -0.444 e. The molecule has 0 heterocycles. The van der Waals surface area contributed by atoms with E-state index in [1.165, 1.54) is 4.90 Å². The van der Waals surface area contributed by atoms with Crippen LogP contribution in [0.4, 0.5) is 4.79 Å². The van der Waals surface area contributed by atoms with Crippen molar-refractivity contribution in [1.82, 2.24) is 15.5 Å². The van der Waals surface area contributed by atoms with Gasteiger partial charge >= 0.3 is 6.09 Å². The number of benzene rings is 1. The number of aliphatic hydroxyl groups is 1. The van der Waals surface area contributed by atoms with Crippen molar-refractivity contribution in [3.8, 4) is 0 Å². The number of nitrogens with one attached hydrogen (secondary N) is 2. The van der Waals surface area contributed by atoms with Crippen LogP contribution in [0.5, 0.6) is 0 Å². The van der Waals surface area contributed by atoms with E-state index in [1.54, 1.807) is 26.8 Å². The molecule has 3 N–H and O–H groups in total. The largest absolute Gasteiger partial charge is 0.444 e.